The van der Waals surface area contributed by atoms with Crippen LogP contribution in [0.5, 0.6) is 0 Å². The predicted molar refractivity (Wildman–Crippen MR) is 71.1 cm³/mol. The molecule has 98 valence electrons. The number of pyridine rings is 1. The molecule has 1 aromatic rings. The molecule has 0 aromatic carbocycles. The third-order valence-corrected chi connectivity index (χ3v) is 2.64. The van der Waals surface area contributed by atoms with Gasteiger partial charge in [-0.15, -0.1) is 0 Å². The summed E-state index contributed by atoms with van der Waals surface area (Å²) in [5, 5.41) is 8.45. The van der Waals surface area contributed by atoms with E-state index in [4.69, 9.17) is 9.84 Å². The first kappa shape index (κ1) is 16.1. The molecule has 0 spiro atoms. The van der Waals surface area contributed by atoms with Crippen molar-refractivity contribution in [2.45, 2.75) is 45.6 Å². The Balaban J connectivity index is 0.000000304. The van der Waals surface area contributed by atoms with Gasteiger partial charge in [0.25, 0.3) is 0 Å². The molecule has 3 heteroatoms. The lowest BCUT2D eigenvalue weighted by atomic mass is 10.1. The molecule has 0 aliphatic carbocycles. The molecule has 1 aromatic heterocycles. The van der Waals surface area contributed by atoms with Crippen molar-refractivity contribution in [2.75, 3.05) is 13.7 Å². The summed E-state index contributed by atoms with van der Waals surface area (Å²) in [4.78, 5) is 3.93. The molecule has 0 aliphatic heterocycles. The summed E-state index contributed by atoms with van der Waals surface area (Å²) < 4.78 is 5.02. The summed E-state index contributed by atoms with van der Waals surface area (Å²) in [6.45, 7) is 8.44. The van der Waals surface area contributed by atoms with E-state index in [1.54, 1.807) is 7.11 Å². The van der Waals surface area contributed by atoms with Crippen LogP contribution in [0.25, 0.3) is 0 Å². The molecule has 0 bridgehead atoms. The number of nitrogens with zero attached hydrogens (tertiary/aromatic N) is 1. The fraction of sp³-hybridized carbons (Fsp3) is 0.643. The molecule has 0 atom stereocenters. The Bertz CT molecular complexity index is 284. The topological polar surface area (TPSA) is 42.4 Å². The van der Waals surface area contributed by atoms with Gasteiger partial charge >= 0.3 is 0 Å². The van der Waals surface area contributed by atoms with Crippen molar-refractivity contribution in [3.05, 3.63) is 30.1 Å². The van der Waals surface area contributed by atoms with E-state index in [1.165, 1.54) is 5.56 Å². The van der Waals surface area contributed by atoms with E-state index in [-0.39, 0.29) is 12.2 Å². The van der Waals surface area contributed by atoms with Crippen LogP contribution in [0.2, 0.25) is 0 Å². The van der Waals surface area contributed by atoms with Gasteiger partial charge in [0.1, 0.15) is 0 Å². The molecular formula is C14H25NO2. The van der Waals surface area contributed by atoms with Crippen molar-refractivity contribution in [1.29, 1.82) is 0 Å². The molecule has 0 amide bonds. The molecular weight excluding hydrogens is 214 g/mol. The van der Waals surface area contributed by atoms with Crippen LogP contribution in [0.3, 0.4) is 0 Å². The highest BCUT2D eigenvalue weighted by Crippen LogP contribution is 2.11. The van der Waals surface area contributed by atoms with Crippen molar-refractivity contribution in [3.8, 4) is 0 Å². The molecule has 1 N–H and O–H groups in total. The van der Waals surface area contributed by atoms with Gasteiger partial charge in [-0.05, 0) is 43.9 Å². The first-order chi connectivity index (χ1) is 7.93. The van der Waals surface area contributed by atoms with Gasteiger partial charge in [0, 0.05) is 26.1 Å². The summed E-state index contributed by atoms with van der Waals surface area (Å²) in [6.07, 6.45) is 4.36. The van der Waals surface area contributed by atoms with Crippen LogP contribution < -0.4 is 0 Å². The van der Waals surface area contributed by atoms with Crippen molar-refractivity contribution < 1.29 is 9.84 Å². The average molecular weight is 239 g/mol. The van der Waals surface area contributed by atoms with Crippen LogP contribution in [0, 0.1) is 0 Å². The number of hydrogen-bond donors (Lipinski definition) is 1. The van der Waals surface area contributed by atoms with E-state index in [2.05, 4.69) is 18.8 Å². The number of aliphatic hydroxyl groups excluding tert-OH is 1. The first-order valence-electron chi connectivity index (χ1n) is 5.99. The van der Waals surface area contributed by atoms with Crippen LogP contribution in [0.4, 0.5) is 0 Å². The number of aromatic nitrogens is 1. The number of aliphatic hydroxyl groups is 1. The summed E-state index contributed by atoms with van der Waals surface area (Å²) in [6, 6.07) is 4.09. The van der Waals surface area contributed by atoms with Crippen LogP contribution in [0.1, 0.15) is 45.6 Å². The Labute approximate surface area is 105 Å². The van der Waals surface area contributed by atoms with E-state index in [1.807, 2.05) is 38.4 Å². The third kappa shape index (κ3) is 7.88. The zero-order valence-corrected chi connectivity index (χ0v) is 11.6. The molecule has 0 saturated carbocycles. The molecule has 17 heavy (non-hydrogen) atoms. The maximum atomic E-state index is 8.45. The minimum absolute atomic E-state index is 0.158. The lowest BCUT2D eigenvalue weighted by Crippen LogP contribution is -2.23. The van der Waals surface area contributed by atoms with E-state index < -0.39 is 0 Å². The average Bonchev–Trinajstić information content (AvgIpc) is 2.31. The SMILES string of the molecule is CC(C)c1ccncc1.COC(C)(C)CCO. The zero-order chi connectivity index (χ0) is 13.3. The number of ether oxygens (including phenoxy) is 1. The zero-order valence-electron chi connectivity index (χ0n) is 11.6. The van der Waals surface area contributed by atoms with E-state index >= 15 is 0 Å². The van der Waals surface area contributed by atoms with Gasteiger partial charge in [-0.2, -0.15) is 0 Å². The van der Waals surface area contributed by atoms with Gasteiger partial charge in [-0.25, -0.2) is 0 Å². The Morgan fingerprint density at radius 1 is 1.29 bits per heavy atom. The Kier molecular flexibility index (Phi) is 7.75. The summed E-state index contributed by atoms with van der Waals surface area (Å²) in [5.41, 5.74) is 1.19. The molecule has 0 unspecified atom stereocenters. The summed E-state index contributed by atoms with van der Waals surface area (Å²) >= 11 is 0. The van der Waals surface area contributed by atoms with E-state index in [0.29, 0.717) is 12.3 Å². The molecule has 0 radical (unpaired) electrons. The monoisotopic (exact) mass is 239 g/mol. The highest BCUT2D eigenvalue weighted by atomic mass is 16.5. The minimum atomic E-state index is -0.158. The Morgan fingerprint density at radius 2 is 1.82 bits per heavy atom. The predicted octanol–water partition coefficient (Wildman–Crippen LogP) is 3.00. The maximum Gasteiger partial charge on any atom is 0.0644 e. The fourth-order valence-electron chi connectivity index (χ4n) is 1.12. The van der Waals surface area contributed by atoms with E-state index in [9.17, 15) is 0 Å². The quantitative estimate of drug-likeness (QED) is 0.878. The summed E-state index contributed by atoms with van der Waals surface area (Å²) in [5.74, 6) is 0.619. The van der Waals surface area contributed by atoms with E-state index in [0.717, 1.165) is 0 Å². The molecule has 1 heterocycles. The lowest BCUT2D eigenvalue weighted by Gasteiger charge is -2.20. The highest BCUT2D eigenvalue weighted by molar-refractivity contribution is 5.13. The molecule has 0 fully saturated rings. The van der Waals surface area contributed by atoms with Gasteiger partial charge in [0.2, 0.25) is 0 Å². The summed E-state index contributed by atoms with van der Waals surface area (Å²) in [7, 11) is 1.65. The van der Waals surface area contributed by atoms with Crippen LogP contribution >= 0.6 is 0 Å². The van der Waals surface area contributed by atoms with Crippen LogP contribution in [-0.2, 0) is 4.74 Å². The van der Waals surface area contributed by atoms with Gasteiger partial charge < -0.3 is 9.84 Å². The van der Waals surface area contributed by atoms with Crippen molar-refractivity contribution >= 4 is 0 Å². The van der Waals surface area contributed by atoms with Crippen molar-refractivity contribution in [1.82, 2.24) is 4.98 Å². The maximum absolute atomic E-state index is 8.45. The Morgan fingerprint density at radius 3 is 2.06 bits per heavy atom. The van der Waals surface area contributed by atoms with Gasteiger partial charge in [-0.3, -0.25) is 4.98 Å². The first-order valence-corrected chi connectivity index (χ1v) is 5.99. The lowest BCUT2D eigenvalue weighted by molar-refractivity contribution is 0.00293. The smallest absolute Gasteiger partial charge is 0.0644 e. The van der Waals surface area contributed by atoms with Gasteiger partial charge in [0.05, 0.1) is 5.60 Å². The standard InChI is InChI=1S/C8H11N.C6H14O2/c1-7(2)8-3-5-9-6-4-8;1-6(2,8-3)4-5-7/h3-7H,1-2H3;7H,4-5H2,1-3H3. The van der Waals surface area contributed by atoms with Gasteiger partial charge in [-0.1, -0.05) is 13.8 Å². The molecule has 3 nitrogen and oxygen atoms in total. The second-order valence-electron chi connectivity index (χ2n) is 4.87. The second-order valence-corrected chi connectivity index (χ2v) is 4.87. The van der Waals surface area contributed by atoms with Crippen molar-refractivity contribution in [3.63, 3.8) is 0 Å². The minimum Gasteiger partial charge on any atom is -0.396 e. The highest BCUT2D eigenvalue weighted by Gasteiger charge is 2.13. The normalized spacial score (nSPS) is 11.0. The van der Waals surface area contributed by atoms with Gasteiger partial charge in [0.15, 0.2) is 0 Å². The second kappa shape index (κ2) is 8.20. The molecule has 1 rings (SSSR count). The Hall–Kier alpha value is -0.930. The number of hydrogen-bond acceptors (Lipinski definition) is 3. The molecule has 0 aliphatic rings. The van der Waals surface area contributed by atoms with Crippen LogP contribution in [-0.4, -0.2) is 29.4 Å². The number of methoxy groups -OCH3 is 1. The van der Waals surface area contributed by atoms with Crippen molar-refractivity contribution in [2.24, 2.45) is 0 Å². The fourth-order valence-corrected chi connectivity index (χ4v) is 1.12. The third-order valence-electron chi connectivity index (χ3n) is 2.64. The largest absolute Gasteiger partial charge is 0.396 e. The number of rotatable bonds is 4. The van der Waals surface area contributed by atoms with Crippen LogP contribution in [0.15, 0.2) is 24.5 Å². The molecule has 0 saturated heterocycles.